The van der Waals surface area contributed by atoms with Gasteiger partial charge >= 0.3 is 5.69 Å². The summed E-state index contributed by atoms with van der Waals surface area (Å²) in [6.45, 7) is 4.20. The standard InChI is InChI=1S/C17H20N2OS/c1-3-10-21-16-14-8-5-9-15(14)19(17(20)18-16)13-7-4-6-12(2)11-13/h4,6-7,11H,3,5,8-10H2,1-2H3. The van der Waals surface area contributed by atoms with Crippen LogP contribution >= 0.6 is 11.8 Å². The maximum Gasteiger partial charge on any atom is 0.353 e. The highest BCUT2D eigenvalue weighted by Gasteiger charge is 2.22. The lowest BCUT2D eigenvalue weighted by atomic mass is 10.2. The zero-order chi connectivity index (χ0) is 14.8. The van der Waals surface area contributed by atoms with Crippen LogP contribution in [0.4, 0.5) is 0 Å². The fraction of sp³-hybridized carbons (Fsp3) is 0.412. The van der Waals surface area contributed by atoms with Crippen molar-refractivity contribution in [3.63, 3.8) is 0 Å². The van der Waals surface area contributed by atoms with Crippen molar-refractivity contribution in [3.8, 4) is 5.69 Å². The summed E-state index contributed by atoms with van der Waals surface area (Å²) in [6, 6.07) is 8.10. The predicted molar refractivity (Wildman–Crippen MR) is 87.6 cm³/mol. The van der Waals surface area contributed by atoms with Crippen LogP contribution in [0.3, 0.4) is 0 Å². The van der Waals surface area contributed by atoms with Gasteiger partial charge in [-0.25, -0.2) is 4.79 Å². The molecule has 1 heterocycles. The average molecular weight is 300 g/mol. The molecule has 3 nitrogen and oxygen atoms in total. The molecular weight excluding hydrogens is 280 g/mol. The Balaban J connectivity index is 2.15. The molecule has 1 aromatic heterocycles. The molecule has 0 amide bonds. The van der Waals surface area contributed by atoms with Crippen molar-refractivity contribution in [2.45, 2.75) is 44.6 Å². The van der Waals surface area contributed by atoms with Crippen molar-refractivity contribution in [2.75, 3.05) is 5.75 Å². The number of fused-ring (bicyclic) bond motifs is 1. The Hall–Kier alpha value is -1.55. The van der Waals surface area contributed by atoms with Gasteiger partial charge in [-0.1, -0.05) is 19.1 Å². The van der Waals surface area contributed by atoms with Crippen molar-refractivity contribution in [2.24, 2.45) is 0 Å². The normalized spacial score (nSPS) is 13.4. The van der Waals surface area contributed by atoms with Gasteiger partial charge in [-0.3, -0.25) is 4.57 Å². The van der Waals surface area contributed by atoms with Crippen LogP contribution in [0.5, 0.6) is 0 Å². The van der Waals surface area contributed by atoms with Crippen LogP contribution in [-0.2, 0) is 12.8 Å². The minimum Gasteiger partial charge on any atom is -0.265 e. The second-order valence-corrected chi connectivity index (χ2v) is 6.58. The van der Waals surface area contributed by atoms with Gasteiger partial charge in [-0.05, 0) is 56.1 Å². The maximum atomic E-state index is 12.5. The first-order chi connectivity index (χ1) is 10.2. The van der Waals surface area contributed by atoms with E-state index in [1.807, 2.05) is 29.7 Å². The minimum absolute atomic E-state index is 0.139. The summed E-state index contributed by atoms with van der Waals surface area (Å²) in [5.74, 6) is 1.02. The predicted octanol–water partition coefficient (Wildman–Crippen LogP) is 3.53. The van der Waals surface area contributed by atoms with Crippen LogP contribution in [0.2, 0.25) is 0 Å². The van der Waals surface area contributed by atoms with E-state index >= 15 is 0 Å². The smallest absolute Gasteiger partial charge is 0.265 e. The molecule has 0 saturated carbocycles. The highest BCUT2D eigenvalue weighted by molar-refractivity contribution is 7.99. The third kappa shape index (κ3) is 2.77. The molecule has 4 heteroatoms. The van der Waals surface area contributed by atoms with Crippen molar-refractivity contribution in [1.29, 1.82) is 0 Å². The monoisotopic (exact) mass is 300 g/mol. The van der Waals surface area contributed by atoms with E-state index < -0.39 is 0 Å². The molecule has 0 unspecified atom stereocenters. The van der Waals surface area contributed by atoms with Gasteiger partial charge in [-0.15, -0.1) is 11.8 Å². The molecule has 110 valence electrons. The molecule has 0 N–H and O–H groups in total. The number of thioether (sulfide) groups is 1. The second-order valence-electron chi connectivity index (χ2n) is 5.50. The van der Waals surface area contributed by atoms with E-state index in [1.54, 1.807) is 11.8 Å². The van der Waals surface area contributed by atoms with Gasteiger partial charge in [0.05, 0.1) is 5.69 Å². The molecule has 0 radical (unpaired) electrons. The minimum atomic E-state index is -0.139. The molecule has 0 fully saturated rings. The molecule has 0 spiro atoms. The molecule has 0 bridgehead atoms. The lowest BCUT2D eigenvalue weighted by Crippen LogP contribution is -2.25. The Morgan fingerprint density at radius 3 is 2.95 bits per heavy atom. The molecule has 0 aliphatic heterocycles. The Morgan fingerprint density at radius 1 is 1.33 bits per heavy atom. The lowest BCUT2D eigenvalue weighted by molar-refractivity contribution is 0.802. The fourth-order valence-corrected chi connectivity index (χ4v) is 3.81. The second kappa shape index (κ2) is 6.06. The number of rotatable bonds is 4. The van der Waals surface area contributed by atoms with Crippen molar-refractivity contribution in [1.82, 2.24) is 9.55 Å². The summed E-state index contributed by atoms with van der Waals surface area (Å²) >= 11 is 1.72. The van der Waals surface area contributed by atoms with Crippen LogP contribution in [-0.4, -0.2) is 15.3 Å². The summed E-state index contributed by atoms with van der Waals surface area (Å²) in [5.41, 5.74) is 4.42. The van der Waals surface area contributed by atoms with E-state index in [1.165, 1.54) is 11.3 Å². The van der Waals surface area contributed by atoms with Crippen molar-refractivity contribution in [3.05, 3.63) is 51.6 Å². The molecule has 1 aromatic carbocycles. The van der Waals surface area contributed by atoms with Crippen molar-refractivity contribution >= 4 is 11.8 Å². The summed E-state index contributed by atoms with van der Waals surface area (Å²) < 4.78 is 1.81. The van der Waals surface area contributed by atoms with Crippen LogP contribution in [0.1, 0.15) is 36.6 Å². The zero-order valence-electron chi connectivity index (χ0n) is 12.6. The first kappa shape index (κ1) is 14.4. The number of aryl methyl sites for hydroxylation is 1. The number of hydrogen-bond donors (Lipinski definition) is 0. The summed E-state index contributed by atoms with van der Waals surface area (Å²) in [7, 11) is 0. The van der Waals surface area contributed by atoms with Gasteiger partial charge in [0.1, 0.15) is 5.03 Å². The van der Waals surface area contributed by atoms with Gasteiger partial charge < -0.3 is 0 Å². The summed E-state index contributed by atoms with van der Waals surface area (Å²) in [6.07, 6.45) is 4.23. The average Bonchev–Trinajstić information content (AvgIpc) is 2.94. The quantitative estimate of drug-likeness (QED) is 0.640. The Bertz CT molecular complexity index is 721. The van der Waals surface area contributed by atoms with Crippen LogP contribution in [0.15, 0.2) is 34.1 Å². The Morgan fingerprint density at radius 2 is 2.19 bits per heavy atom. The molecule has 0 saturated heterocycles. The third-order valence-corrected chi connectivity index (χ3v) is 5.03. The summed E-state index contributed by atoms with van der Waals surface area (Å²) in [5, 5.41) is 0.957. The van der Waals surface area contributed by atoms with Crippen molar-refractivity contribution < 1.29 is 0 Å². The number of nitrogens with zero attached hydrogens (tertiary/aromatic N) is 2. The number of aromatic nitrogens is 2. The Labute approximate surface area is 129 Å². The van der Waals surface area contributed by atoms with Crippen LogP contribution in [0, 0.1) is 6.92 Å². The van der Waals surface area contributed by atoms with Crippen LogP contribution < -0.4 is 5.69 Å². The van der Waals surface area contributed by atoms with Gasteiger partial charge in [0.25, 0.3) is 0 Å². The Kier molecular flexibility index (Phi) is 4.15. The number of hydrogen-bond acceptors (Lipinski definition) is 3. The first-order valence-electron chi connectivity index (χ1n) is 7.55. The molecule has 21 heavy (non-hydrogen) atoms. The molecule has 1 aliphatic rings. The van der Waals surface area contributed by atoms with Gasteiger partial charge in [0, 0.05) is 11.3 Å². The largest absolute Gasteiger partial charge is 0.353 e. The molecule has 1 aliphatic carbocycles. The van der Waals surface area contributed by atoms with E-state index in [2.05, 4.69) is 18.0 Å². The van der Waals surface area contributed by atoms with E-state index in [4.69, 9.17) is 0 Å². The van der Waals surface area contributed by atoms with Gasteiger partial charge in [-0.2, -0.15) is 4.98 Å². The molecular formula is C17H20N2OS. The van der Waals surface area contributed by atoms with E-state index in [9.17, 15) is 4.79 Å². The fourth-order valence-electron chi connectivity index (χ4n) is 2.88. The molecule has 3 rings (SSSR count). The maximum absolute atomic E-state index is 12.5. The molecule has 0 atom stereocenters. The third-order valence-electron chi connectivity index (χ3n) is 3.81. The van der Waals surface area contributed by atoms with E-state index in [0.717, 1.165) is 47.7 Å². The van der Waals surface area contributed by atoms with E-state index in [-0.39, 0.29) is 5.69 Å². The number of benzene rings is 1. The van der Waals surface area contributed by atoms with Gasteiger partial charge in [0.15, 0.2) is 0 Å². The highest BCUT2D eigenvalue weighted by atomic mass is 32.2. The molecule has 2 aromatic rings. The van der Waals surface area contributed by atoms with Crippen LogP contribution in [0.25, 0.3) is 5.69 Å². The first-order valence-corrected chi connectivity index (χ1v) is 8.54. The zero-order valence-corrected chi connectivity index (χ0v) is 13.4. The summed E-state index contributed by atoms with van der Waals surface area (Å²) in [4.78, 5) is 16.9. The highest BCUT2D eigenvalue weighted by Crippen LogP contribution is 2.30. The SMILES string of the molecule is CCCSc1nc(=O)n(-c2cccc(C)c2)c2c1CCC2. The van der Waals surface area contributed by atoms with E-state index in [0.29, 0.717) is 0 Å². The van der Waals surface area contributed by atoms with Gasteiger partial charge in [0.2, 0.25) is 0 Å². The topological polar surface area (TPSA) is 34.9 Å². The lowest BCUT2D eigenvalue weighted by Gasteiger charge is -2.14.